The summed E-state index contributed by atoms with van der Waals surface area (Å²) in [6.45, 7) is 0. The molecule has 1 aliphatic rings. The van der Waals surface area contributed by atoms with Crippen LogP contribution in [0.2, 0.25) is 0 Å². The zero-order chi connectivity index (χ0) is 20.1. The summed E-state index contributed by atoms with van der Waals surface area (Å²) >= 11 is 0. The summed E-state index contributed by atoms with van der Waals surface area (Å²) in [5, 5.41) is 6.87. The highest BCUT2D eigenvalue weighted by molar-refractivity contribution is 6.07. The van der Waals surface area contributed by atoms with Gasteiger partial charge in [-0.3, -0.25) is 4.79 Å². The SMILES string of the molecule is COc1ccc(OC)c(NC(=O)C2CC(c3ccc(OC)cc3OC)=NO2)c1. The first-order valence-corrected chi connectivity index (χ1v) is 8.57. The molecule has 148 valence electrons. The molecule has 1 heterocycles. The summed E-state index contributed by atoms with van der Waals surface area (Å²) in [5.74, 6) is 2.04. The third kappa shape index (κ3) is 3.95. The molecular formula is C20H22N2O6. The number of anilines is 1. The Morgan fingerprint density at radius 2 is 1.64 bits per heavy atom. The van der Waals surface area contributed by atoms with Crippen molar-refractivity contribution < 1.29 is 28.6 Å². The highest BCUT2D eigenvalue weighted by Gasteiger charge is 2.31. The number of rotatable bonds is 7. The van der Waals surface area contributed by atoms with E-state index in [4.69, 9.17) is 23.8 Å². The largest absolute Gasteiger partial charge is 0.497 e. The molecule has 0 spiro atoms. The summed E-state index contributed by atoms with van der Waals surface area (Å²) in [5.41, 5.74) is 1.86. The van der Waals surface area contributed by atoms with E-state index in [0.29, 0.717) is 40.8 Å². The van der Waals surface area contributed by atoms with Gasteiger partial charge in [-0.2, -0.15) is 0 Å². The van der Waals surface area contributed by atoms with Gasteiger partial charge in [0.25, 0.3) is 5.91 Å². The number of hydrogen-bond acceptors (Lipinski definition) is 7. The van der Waals surface area contributed by atoms with Crippen LogP contribution in [0.1, 0.15) is 12.0 Å². The lowest BCUT2D eigenvalue weighted by atomic mass is 10.0. The van der Waals surface area contributed by atoms with E-state index < -0.39 is 6.10 Å². The number of carbonyl (C=O) groups is 1. The average Bonchev–Trinajstić information content (AvgIpc) is 3.23. The van der Waals surface area contributed by atoms with Crippen molar-refractivity contribution in [2.24, 2.45) is 5.16 Å². The van der Waals surface area contributed by atoms with Gasteiger partial charge < -0.3 is 29.1 Å². The Bertz CT molecular complexity index is 896. The summed E-state index contributed by atoms with van der Waals surface area (Å²) in [6.07, 6.45) is -0.460. The smallest absolute Gasteiger partial charge is 0.268 e. The summed E-state index contributed by atoms with van der Waals surface area (Å²) < 4.78 is 21.1. The molecule has 1 aliphatic heterocycles. The van der Waals surface area contributed by atoms with Crippen molar-refractivity contribution >= 4 is 17.3 Å². The fraction of sp³-hybridized carbons (Fsp3) is 0.300. The number of nitrogens with one attached hydrogen (secondary N) is 1. The van der Waals surface area contributed by atoms with E-state index in [1.807, 2.05) is 6.07 Å². The van der Waals surface area contributed by atoms with Crippen LogP contribution in [0.15, 0.2) is 41.6 Å². The lowest BCUT2D eigenvalue weighted by molar-refractivity contribution is -0.125. The normalized spacial score (nSPS) is 15.3. The molecule has 2 aromatic rings. The standard InChI is InChI=1S/C20H22N2O6/c1-24-12-6-8-17(26-3)16(9-12)21-20(23)19-11-15(22-28-19)14-7-5-13(25-2)10-18(14)27-4/h5-10,19H,11H2,1-4H3,(H,21,23). The number of oxime groups is 1. The number of ether oxygens (including phenoxy) is 4. The van der Waals surface area contributed by atoms with Crippen LogP contribution in [0.25, 0.3) is 0 Å². The number of benzene rings is 2. The zero-order valence-electron chi connectivity index (χ0n) is 16.1. The Kier molecular flexibility index (Phi) is 5.88. The van der Waals surface area contributed by atoms with Gasteiger partial charge in [-0.25, -0.2) is 0 Å². The van der Waals surface area contributed by atoms with Gasteiger partial charge in [-0.15, -0.1) is 0 Å². The highest BCUT2D eigenvalue weighted by Crippen LogP contribution is 2.31. The van der Waals surface area contributed by atoms with Crippen LogP contribution >= 0.6 is 0 Å². The Morgan fingerprint density at radius 1 is 0.964 bits per heavy atom. The second-order valence-corrected chi connectivity index (χ2v) is 5.96. The first-order valence-electron chi connectivity index (χ1n) is 8.57. The number of amides is 1. The molecule has 0 aliphatic carbocycles. The van der Waals surface area contributed by atoms with Crippen molar-refractivity contribution in [1.29, 1.82) is 0 Å². The molecule has 28 heavy (non-hydrogen) atoms. The van der Waals surface area contributed by atoms with Crippen LogP contribution in [0.4, 0.5) is 5.69 Å². The first-order chi connectivity index (χ1) is 13.6. The fourth-order valence-corrected chi connectivity index (χ4v) is 2.84. The Labute approximate surface area is 163 Å². The molecular weight excluding hydrogens is 364 g/mol. The van der Waals surface area contributed by atoms with Crippen molar-refractivity contribution in [3.63, 3.8) is 0 Å². The predicted molar refractivity (Wildman–Crippen MR) is 104 cm³/mol. The topological polar surface area (TPSA) is 87.6 Å². The minimum atomic E-state index is -0.766. The van der Waals surface area contributed by atoms with Gasteiger partial charge in [0.15, 0.2) is 0 Å². The lowest BCUT2D eigenvalue weighted by Crippen LogP contribution is -2.28. The summed E-state index contributed by atoms with van der Waals surface area (Å²) in [7, 11) is 6.22. The maximum absolute atomic E-state index is 12.7. The van der Waals surface area contributed by atoms with Crippen LogP contribution in [-0.2, 0) is 9.63 Å². The van der Waals surface area contributed by atoms with E-state index in [1.54, 1.807) is 51.7 Å². The number of nitrogens with zero attached hydrogens (tertiary/aromatic N) is 1. The van der Waals surface area contributed by atoms with E-state index in [2.05, 4.69) is 10.5 Å². The van der Waals surface area contributed by atoms with E-state index >= 15 is 0 Å². The average molecular weight is 386 g/mol. The van der Waals surface area contributed by atoms with Gasteiger partial charge in [0.05, 0.1) is 39.8 Å². The monoisotopic (exact) mass is 386 g/mol. The molecule has 1 N–H and O–H groups in total. The summed E-state index contributed by atoms with van der Waals surface area (Å²) in [4.78, 5) is 18.0. The molecule has 2 aromatic carbocycles. The minimum Gasteiger partial charge on any atom is -0.497 e. The van der Waals surface area contributed by atoms with Gasteiger partial charge in [-0.05, 0) is 24.3 Å². The number of hydrogen-bond donors (Lipinski definition) is 1. The second-order valence-electron chi connectivity index (χ2n) is 5.96. The van der Waals surface area contributed by atoms with E-state index in [-0.39, 0.29) is 5.91 Å². The predicted octanol–water partition coefficient (Wildman–Crippen LogP) is 2.85. The van der Waals surface area contributed by atoms with Crippen LogP contribution in [0.3, 0.4) is 0 Å². The van der Waals surface area contributed by atoms with Gasteiger partial charge >= 0.3 is 0 Å². The van der Waals surface area contributed by atoms with E-state index in [9.17, 15) is 4.79 Å². The second kappa shape index (κ2) is 8.51. The van der Waals surface area contributed by atoms with Crippen molar-refractivity contribution in [1.82, 2.24) is 0 Å². The molecule has 8 nitrogen and oxygen atoms in total. The fourth-order valence-electron chi connectivity index (χ4n) is 2.84. The molecule has 0 aromatic heterocycles. The molecule has 0 fully saturated rings. The van der Waals surface area contributed by atoms with Gasteiger partial charge in [0, 0.05) is 24.1 Å². The zero-order valence-corrected chi connectivity index (χ0v) is 16.1. The van der Waals surface area contributed by atoms with Gasteiger partial charge in [0.2, 0.25) is 6.10 Å². The molecule has 1 unspecified atom stereocenters. The van der Waals surface area contributed by atoms with Crippen molar-refractivity contribution in [2.45, 2.75) is 12.5 Å². The van der Waals surface area contributed by atoms with Gasteiger partial charge in [-0.1, -0.05) is 5.16 Å². The first kappa shape index (κ1) is 19.3. The molecule has 0 saturated heterocycles. The molecule has 1 amide bonds. The Hall–Kier alpha value is -3.42. The molecule has 0 bridgehead atoms. The quantitative estimate of drug-likeness (QED) is 0.787. The van der Waals surface area contributed by atoms with Crippen LogP contribution in [0.5, 0.6) is 23.0 Å². The Balaban J connectivity index is 1.72. The third-order valence-electron chi connectivity index (χ3n) is 4.35. The van der Waals surface area contributed by atoms with Crippen LogP contribution in [0, 0.1) is 0 Å². The van der Waals surface area contributed by atoms with Crippen molar-refractivity contribution in [3.05, 3.63) is 42.0 Å². The van der Waals surface area contributed by atoms with Crippen molar-refractivity contribution in [2.75, 3.05) is 33.8 Å². The Morgan fingerprint density at radius 3 is 2.32 bits per heavy atom. The van der Waals surface area contributed by atoms with Gasteiger partial charge in [0.1, 0.15) is 23.0 Å². The maximum atomic E-state index is 12.7. The van der Waals surface area contributed by atoms with E-state index in [1.165, 1.54) is 7.11 Å². The van der Waals surface area contributed by atoms with E-state index in [0.717, 1.165) is 5.56 Å². The molecule has 3 rings (SSSR count). The third-order valence-corrected chi connectivity index (χ3v) is 4.35. The molecule has 0 saturated carbocycles. The summed E-state index contributed by atoms with van der Waals surface area (Å²) in [6, 6.07) is 10.5. The maximum Gasteiger partial charge on any atom is 0.268 e. The van der Waals surface area contributed by atoms with Crippen LogP contribution in [-0.4, -0.2) is 46.2 Å². The van der Waals surface area contributed by atoms with Crippen molar-refractivity contribution in [3.8, 4) is 23.0 Å². The number of methoxy groups -OCH3 is 4. The lowest BCUT2D eigenvalue weighted by Gasteiger charge is -2.14. The molecule has 0 radical (unpaired) electrons. The highest BCUT2D eigenvalue weighted by atomic mass is 16.6. The number of carbonyl (C=O) groups excluding carboxylic acids is 1. The molecule has 8 heteroatoms. The van der Waals surface area contributed by atoms with Crippen LogP contribution < -0.4 is 24.3 Å². The molecule has 1 atom stereocenters. The minimum absolute atomic E-state index is 0.306.